The van der Waals surface area contributed by atoms with E-state index >= 15 is 0 Å². The summed E-state index contributed by atoms with van der Waals surface area (Å²) in [6, 6.07) is 7.92. The highest BCUT2D eigenvalue weighted by Gasteiger charge is 2.33. The van der Waals surface area contributed by atoms with Crippen LogP contribution in [0.4, 0.5) is 0 Å². The van der Waals surface area contributed by atoms with Crippen LogP contribution in [0.1, 0.15) is 68.3 Å². The summed E-state index contributed by atoms with van der Waals surface area (Å²) < 4.78 is 5.32. The molecule has 0 radical (unpaired) electrons. The lowest BCUT2D eigenvalue weighted by Gasteiger charge is -2.30. The zero-order valence-corrected chi connectivity index (χ0v) is 18.5. The minimum atomic E-state index is -0.0231. The number of carbonyl (C=O) groups is 1. The Morgan fingerprint density at radius 1 is 1.28 bits per heavy atom. The first-order valence-corrected chi connectivity index (χ1v) is 10.8. The Morgan fingerprint density at radius 3 is 2.69 bits per heavy atom. The standard InChI is InChI=1S/C23H38N4O2/c1-5-18(2)27-21(28)20-10-8-9-19(15-20)16-25-22(24-3)26-17-23(13-14-29-4)11-6-7-12-23/h8-10,15,18H,5-7,11-14,16-17H2,1-4H3,(H,27,28)(H2,24,25,26). The average molecular weight is 403 g/mol. The minimum Gasteiger partial charge on any atom is -0.385 e. The minimum absolute atomic E-state index is 0.0231. The number of rotatable bonds is 10. The third kappa shape index (κ3) is 7.35. The van der Waals surface area contributed by atoms with Crippen molar-refractivity contribution in [3.05, 3.63) is 35.4 Å². The first-order valence-electron chi connectivity index (χ1n) is 10.8. The lowest BCUT2D eigenvalue weighted by molar-refractivity contribution is 0.0939. The Hall–Kier alpha value is -2.08. The van der Waals surface area contributed by atoms with Crippen molar-refractivity contribution in [2.75, 3.05) is 27.3 Å². The Labute approximate surface area is 175 Å². The molecule has 1 aromatic rings. The van der Waals surface area contributed by atoms with Gasteiger partial charge in [-0.05, 0) is 55.7 Å². The zero-order chi connectivity index (χ0) is 21.1. The van der Waals surface area contributed by atoms with E-state index in [0.717, 1.165) is 37.5 Å². The first-order chi connectivity index (χ1) is 14.0. The van der Waals surface area contributed by atoms with Crippen LogP contribution in [0.2, 0.25) is 0 Å². The molecule has 1 fully saturated rings. The van der Waals surface area contributed by atoms with Crippen LogP contribution in [-0.2, 0) is 11.3 Å². The fraction of sp³-hybridized carbons (Fsp3) is 0.652. The number of aliphatic imine (C=N–C) groups is 1. The summed E-state index contributed by atoms with van der Waals surface area (Å²) in [5.41, 5.74) is 2.05. The van der Waals surface area contributed by atoms with Crippen LogP contribution < -0.4 is 16.0 Å². The maximum atomic E-state index is 12.4. The highest BCUT2D eigenvalue weighted by molar-refractivity contribution is 5.94. The monoisotopic (exact) mass is 402 g/mol. The van der Waals surface area contributed by atoms with Gasteiger partial charge < -0.3 is 20.7 Å². The second-order valence-corrected chi connectivity index (χ2v) is 8.21. The molecular weight excluding hydrogens is 364 g/mol. The van der Waals surface area contributed by atoms with Crippen LogP contribution in [0.5, 0.6) is 0 Å². The lowest BCUT2D eigenvalue weighted by Crippen LogP contribution is -2.43. The van der Waals surface area contributed by atoms with Gasteiger partial charge in [0, 0.05) is 45.5 Å². The molecule has 2 rings (SSSR count). The largest absolute Gasteiger partial charge is 0.385 e. The molecule has 0 spiro atoms. The molecule has 1 amide bonds. The summed E-state index contributed by atoms with van der Waals surface area (Å²) in [7, 11) is 3.57. The smallest absolute Gasteiger partial charge is 0.251 e. The Morgan fingerprint density at radius 2 is 2.03 bits per heavy atom. The number of nitrogens with zero attached hydrogens (tertiary/aromatic N) is 1. The maximum Gasteiger partial charge on any atom is 0.251 e. The number of methoxy groups -OCH3 is 1. The van der Waals surface area contributed by atoms with Crippen LogP contribution in [0.15, 0.2) is 29.3 Å². The number of guanidine groups is 1. The van der Waals surface area contributed by atoms with E-state index in [1.807, 2.05) is 31.2 Å². The van der Waals surface area contributed by atoms with E-state index in [9.17, 15) is 4.79 Å². The third-order valence-corrected chi connectivity index (χ3v) is 5.99. The van der Waals surface area contributed by atoms with Gasteiger partial charge in [0.15, 0.2) is 5.96 Å². The summed E-state index contributed by atoms with van der Waals surface area (Å²) in [5.74, 6) is 0.771. The van der Waals surface area contributed by atoms with Crippen molar-refractivity contribution < 1.29 is 9.53 Å². The van der Waals surface area contributed by atoms with Gasteiger partial charge >= 0.3 is 0 Å². The van der Waals surface area contributed by atoms with Gasteiger partial charge in [0.1, 0.15) is 0 Å². The second kappa shape index (κ2) is 11.8. The van der Waals surface area contributed by atoms with E-state index in [2.05, 4.69) is 27.9 Å². The molecule has 1 saturated carbocycles. The van der Waals surface area contributed by atoms with Crippen molar-refractivity contribution in [3.8, 4) is 0 Å². The molecule has 0 aliphatic heterocycles. The van der Waals surface area contributed by atoms with Crippen molar-refractivity contribution in [1.29, 1.82) is 0 Å². The van der Waals surface area contributed by atoms with E-state index < -0.39 is 0 Å². The van der Waals surface area contributed by atoms with Gasteiger partial charge in [0.2, 0.25) is 0 Å². The number of carbonyl (C=O) groups excluding carboxylic acids is 1. The van der Waals surface area contributed by atoms with E-state index in [0.29, 0.717) is 17.5 Å². The zero-order valence-electron chi connectivity index (χ0n) is 18.5. The molecule has 162 valence electrons. The van der Waals surface area contributed by atoms with Gasteiger partial charge in [-0.2, -0.15) is 0 Å². The molecule has 6 heteroatoms. The summed E-state index contributed by atoms with van der Waals surface area (Å²) in [4.78, 5) is 16.7. The second-order valence-electron chi connectivity index (χ2n) is 8.21. The number of hydrogen-bond acceptors (Lipinski definition) is 3. The van der Waals surface area contributed by atoms with Gasteiger partial charge in [-0.25, -0.2) is 0 Å². The van der Waals surface area contributed by atoms with Crippen molar-refractivity contribution in [3.63, 3.8) is 0 Å². The Balaban J connectivity index is 1.89. The predicted molar refractivity (Wildman–Crippen MR) is 119 cm³/mol. The van der Waals surface area contributed by atoms with Crippen LogP contribution in [0, 0.1) is 5.41 Å². The van der Waals surface area contributed by atoms with E-state index in [4.69, 9.17) is 4.74 Å². The van der Waals surface area contributed by atoms with Crippen molar-refractivity contribution in [2.45, 2.75) is 65.0 Å². The molecule has 1 aromatic carbocycles. The molecule has 29 heavy (non-hydrogen) atoms. The Bertz CT molecular complexity index is 669. The number of amides is 1. The van der Waals surface area contributed by atoms with E-state index in [1.165, 1.54) is 25.7 Å². The summed E-state index contributed by atoms with van der Waals surface area (Å²) in [5, 5.41) is 9.90. The van der Waals surface area contributed by atoms with Crippen molar-refractivity contribution in [2.24, 2.45) is 10.4 Å². The molecule has 0 saturated heterocycles. The van der Waals surface area contributed by atoms with Crippen molar-refractivity contribution >= 4 is 11.9 Å². The highest BCUT2D eigenvalue weighted by Crippen LogP contribution is 2.40. The molecule has 1 unspecified atom stereocenters. The normalized spacial score (nSPS) is 17.0. The molecule has 6 nitrogen and oxygen atoms in total. The Kier molecular flexibility index (Phi) is 9.45. The van der Waals surface area contributed by atoms with Gasteiger partial charge in [-0.3, -0.25) is 9.79 Å². The summed E-state index contributed by atoms with van der Waals surface area (Å²) in [6.07, 6.45) is 7.08. The van der Waals surface area contributed by atoms with E-state index in [1.54, 1.807) is 14.2 Å². The fourth-order valence-electron chi connectivity index (χ4n) is 3.87. The molecule has 0 aromatic heterocycles. The predicted octanol–water partition coefficient (Wildman–Crippen LogP) is 3.48. The fourth-order valence-corrected chi connectivity index (χ4v) is 3.87. The maximum absolute atomic E-state index is 12.4. The molecule has 0 heterocycles. The van der Waals surface area contributed by atoms with Gasteiger partial charge in [0.25, 0.3) is 5.91 Å². The van der Waals surface area contributed by atoms with Gasteiger partial charge in [-0.1, -0.05) is 31.9 Å². The highest BCUT2D eigenvalue weighted by atomic mass is 16.5. The quantitative estimate of drug-likeness (QED) is 0.414. The summed E-state index contributed by atoms with van der Waals surface area (Å²) in [6.45, 7) is 6.42. The van der Waals surface area contributed by atoms with Gasteiger partial charge in [-0.15, -0.1) is 0 Å². The van der Waals surface area contributed by atoms with Crippen LogP contribution in [0.25, 0.3) is 0 Å². The number of nitrogens with one attached hydrogen (secondary N) is 3. The van der Waals surface area contributed by atoms with Crippen LogP contribution >= 0.6 is 0 Å². The third-order valence-electron chi connectivity index (χ3n) is 5.99. The molecule has 0 bridgehead atoms. The van der Waals surface area contributed by atoms with Crippen LogP contribution in [0.3, 0.4) is 0 Å². The van der Waals surface area contributed by atoms with Gasteiger partial charge in [0.05, 0.1) is 0 Å². The van der Waals surface area contributed by atoms with E-state index in [-0.39, 0.29) is 11.9 Å². The molecule has 1 aliphatic rings. The molecule has 3 N–H and O–H groups in total. The van der Waals surface area contributed by atoms with Crippen LogP contribution in [-0.4, -0.2) is 45.2 Å². The molecule has 1 aliphatic carbocycles. The topological polar surface area (TPSA) is 74.8 Å². The molecular formula is C23H38N4O2. The SMILES string of the molecule is CCC(C)NC(=O)c1cccc(CNC(=NC)NCC2(CCOC)CCCC2)c1. The molecule has 1 atom stereocenters. The lowest BCUT2D eigenvalue weighted by atomic mass is 9.83. The summed E-state index contributed by atoms with van der Waals surface area (Å²) >= 11 is 0. The first kappa shape index (κ1) is 23.2. The number of benzene rings is 1. The number of ether oxygens (including phenoxy) is 1. The van der Waals surface area contributed by atoms with Crippen molar-refractivity contribution in [1.82, 2.24) is 16.0 Å². The average Bonchev–Trinajstić information content (AvgIpc) is 3.21. The number of hydrogen-bond donors (Lipinski definition) is 3.